The van der Waals surface area contributed by atoms with Gasteiger partial charge < -0.3 is 19.8 Å². The van der Waals surface area contributed by atoms with Gasteiger partial charge in [-0.2, -0.15) is 0 Å². The summed E-state index contributed by atoms with van der Waals surface area (Å²) in [7, 11) is 1.74. The maximum absolute atomic E-state index is 14.3. The van der Waals surface area contributed by atoms with E-state index in [0.29, 0.717) is 25.9 Å². The Bertz CT molecular complexity index is 1050. The van der Waals surface area contributed by atoms with E-state index < -0.39 is 28.7 Å². The van der Waals surface area contributed by atoms with Crippen LogP contribution in [-0.4, -0.2) is 92.4 Å². The second-order valence-corrected chi connectivity index (χ2v) is 12.3. The molecule has 0 saturated carbocycles. The molecule has 2 bridgehead atoms. The van der Waals surface area contributed by atoms with Crippen LogP contribution in [0.1, 0.15) is 32.3 Å². The Morgan fingerprint density at radius 1 is 1.19 bits per heavy atom. The first-order valence-electron chi connectivity index (χ1n) is 13.1. The van der Waals surface area contributed by atoms with Crippen molar-refractivity contribution in [1.29, 1.82) is 0 Å². The highest BCUT2D eigenvalue weighted by atomic mass is 32.2. The number of amides is 3. The Morgan fingerprint density at radius 3 is 2.46 bits per heavy atom. The van der Waals surface area contributed by atoms with Gasteiger partial charge in [0.2, 0.25) is 17.7 Å². The zero-order valence-electron chi connectivity index (χ0n) is 22.1. The molecule has 1 N–H and O–H groups in total. The molecule has 200 valence electrons. The van der Waals surface area contributed by atoms with Gasteiger partial charge in [-0.15, -0.1) is 24.9 Å². The summed E-state index contributed by atoms with van der Waals surface area (Å²) in [5.41, 5.74) is 0.984. The molecule has 3 saturated heterocycles. The molecule has 1 aromatic carbocycles. The van der Waals surface area contributed by atoms with Gasteiger partial charge in [-0.1, -0.05) is 42.5 Å². The maximum atomic E-state index is 14.3. The zero-order valence-corrected chi connectivity index (χ0v) is 22.9. The van der Waals surface area contributed by atoms with Crippen molar-refractivity contribution in [3.8, 4) is 0 Å². The molecule has 37 heavy (non-hydrogen) atoms. The zero-order chi connectivity index (χ0) is 26.9. The van der Waals surface area contributed by atoms with E-state index in [1.165, 1.54) is 0 Å². The van der Waals surface area contributed by atoms with Crippen LogP contribution < -0.4 is 0 Å². The van der Waals surface area contributed by atoms with Gasteiger partial charge in [-0.25, -0.2) is 0 Å². The standard InChI is InChI=1S/C29H39N3O4S/c1-6-15-30(5)26(34)23-22-13-14-29(37-22)24(23)27(35)32(21(18-33)17-20-11-9-8-10-12-20)25(29)28(36)31(16-7-2)19(3)4/h6-12,19,21-25,33H,1-2,13-18H2,3-5H3/t21-,22-,23+,24+,25?,29?/m1/s1. The average molecular weight is 526 g/mol. The minimum absolute atomic E-state index is 0.000213. The molecule has 0 radical (unpaired) electrons. The molecule has 3 fully saturated rings. The first-order valence-corrected chi connectivity index (χ1v) is 14.0. The third-order valence-electron chi connectivity index (χ3n) is 8.19. The van der Waals surface area contributed by atoms with Crippen molar-refractivity contribution in [1.82, 2.24) is 14.7 Å². The van der Waals surface area contributed by atoms with E-state index >= 15 is 0 Å². The minimum atomic E-state index is -0.745. The van der Waals surface area contributed by atoms with Crippen LogP contribution in [0.5, 0.6) is 0 Å². The number of aliphatic hydroxyl groups excluding tert-OH is 1. The quantitative estimate of drug-likeness (QED) is 0.450. The van der Waals surface area contributed by atoms with Crippen LogP contribution in [0.2, 0.25) is 0 Å². The third kappa shape index (κ3) is 4.63. The van der Waals surface area contributed by atoms with Crippen LogP contribution in [0, 0.1) is 11.8 Å². The summed E-state index contributed by atoms with van der Waals surface area (Å²) in [4.78, 5) is 47.3. The van der Waals surface area contributed by atoms with Crippen LogP contribution in [0.15, 0.2) is 55.6 Å². The van der Waals surface area contributed by atoms with Crippen LogP contribution in [0.4, 0.5) is 0 Å². The topological polar surface area (TPSA) is 81.2 Å². The Kier molecular flexibility index (Phi) is 8.19. The molecule has 8 heteroatoms. The van der Waals surface area contributed by atoms with E-state index in [4.69, 9.17) is 0 Å². The number of thioether (sulfide) groups is 1. The molecule has 3 heterocycles. The molecule has 3 aliphatic heterocycles. The molecule has 3 aliphatic rings. The normalized spacial score (nSPS) is 28.8. The van der Waals surface area contributed by atoms with Crippen LogP contribution in [0.25, 0.3) is 0 Å². The van der Waals surface area contributed by atoms with Crippen molar-refractivity contribution in [2.45, 2.75) is 61.2 Å². The van der Waals surface area contributed by atoms with Crippen molar-refractivity contribution >= 4 is 29.5 Å². The smallest absolute Gasteiger partial charge is 0.247 e. The number of aliphatic hydroxyl groups is 1. The molecule has 6 atom stereocenters. The molecule has 1 aromatic rings. The van der Waals surface area contributed by atoms with Crippen molar-refractivity contribution in [3.05, 3.63) is 61.2 Å². The summed E-state index contributed by atoms with van der Waals surface area (Å²) in [5.74, 6) is -1.46. The number of hydrogen-bond acceptors (Lipinski definition) is 5. The summed E-state index contributed by atoms with van der Waals surface area (Å²) < 4.78 is -0.688. The SMILES string of the molecule is C=CCN(C)C(=O)[C@@H]1[C@H]2C(=O)N([C@@H](CO)Cc3ccccc3)C(C(=O)N(CC=C)C(C)C)C23CC[C@H]1S3. The lowest BCUT2D eigenvalue weighted by Crippen LogP contribution is -2.59. The molecule has 3 amide bonds. The van der Waals surface area contributed by atoms with Crippen molar-refractivity contribution in [3.63, 3.8) is 0 Å². The lowest BCUT2D eigenvalue weighted by atomic mass is 9.70. The third-order valence-corrected chi connectivity index (χ3v) is 10.1. The van der Waals surface area contributed by atoms with E-state index in [2.05, 4.69) is 13.2 Å². The molecular formula is C29H39N3O4S. The summed E-state index contributed by atoms with van der Waals surface area (Å²) in [5, 5.41) is 10.6. The van der Waals surface area contributed by atoms with Gasteiger partial charge in [-0.05, 0) is 38.7 Å². The lowest BCUT2D eigenvalue weighted by Gasteiger charge is -2.40. The fourth-order valence-corrected chi connectivity index (χ4v) is 8.76. The Hall–Kier alpha value is -2.58. The number of benzene rings is 1. The van der Waals surface area contributed by atoms with Gasteiger partial charge >= 0.3 is 0 Å². The number of hydrogen-bond donors (Lipinski definition) is 1. The Morgan fingerprint density at radius 2 is 1.86 bits per heavy atom. The average Bonchev–Trinajstić information content (AvgIpc) is 3.53. The molecule has 0 aliphatic carbocycles. The molecule has 1 spiro atoms. The van der Waals surface area contributed by atoms with Crippen LogP contribution in [0.3, 0.4) is 0 Å². The van der Waals surface area contributed by atoms with Gasteiger partial charge in [0.25, 0.3) is 0 Å². The van der Waals surface area contributed by atoms with Crippen molar-refractivity contribution in [2.24, 2.45) is 11.8 Å². The van der Waals surface area contributed by atoms with Gasteiger partial charge in [0.05, 0.1) is 29.2 Å². The minimum Gasteiger partial charge on any atom is -0.394 e. The number of likely N-dealkylation sites (tertiary alicyclic amines) is 1. The highest BCUT2D eigenvalue weighted by Crippen LogP contribution is 2.67. The fourth-order valence-electron chi connectivity index (χ4n) is 6.57. The predicted octanol–water partition coefficient (Wildman–Crippen LogP) is 2.75. The summed E-state index contributed by atoms with van der Waals surface area (Å²) in [6.45, 7) is 12.0. The van der Waals surface area contributed by atoms with Crippen LogP contribution in [-0.2, 0) is 20.8 Å². The lowest BCUT2D eigenvalue weighted by molar-refractivity contribution is -0.147. The Balaban J connectivity index is 1.79. The molecular weight excluding hydrogens is 486 g/mol. The van der Waals surface area contributed by atoms with E-state index in [0.717, 1.165) is 12.0 Å². The summed E-state index contributed by atoms with van der Waals surface area (Å²) in [6, 6.07) is 8.32. The predicted molar refractivity (Wildman–Crippen MR) is 147 cm³/mol. The molecule has 7 nitrogen and oxygen atoms in total. The monoisotopic (exact) mass is 525 g/mol. The van der Waals surface area contributed by atoms with Crippen LogP contribution >= 0.6 is 11.8 Å². The number of nitrogens with zero attached hydrogens (tertiary/aromatic N) is 3. The number of fused-ring (bicyclic) bond motifs is 1. The van der Waals surface area contributed by atoms with Gasteiger partial charge in [0.1, 0.15) is 6.04 Å². The number of carbonyl (C=O) groups excluding carboxylic acids is 3. The highest BCUT2D eigenvalue weighted by Gasteiger charge is 2.74. The second kappa shape index (κ2) is 11.0. The van der Waals surface area contributed by atoms with E-state index in [9.17, 15) is 19.5 Å². The highest BCUT2D eigenvalue weighted by molar-refractivity contribution is 8.02. The van der Waals surface area contributed by atoms with Crippen molar-refractivity contribution in [2.75, 3.05) is 26.7 Å². The first-order chi connectivity index (χ1) is 17.7. The fraction of sp³-hybridized carbons (Fsp3) is 0.552. The van der Waals surface area contributed by atoms with E-state index in [1.807, 2.05) is 44.2 Å². The number of rotatable bonds is 11. The summed E-state index contributed by atoms with van der Waals surface area (Å²) >= 11 is 1.66. The molecule has 0 aromatic heterocycles. The van der Waals surface area contributed by atoms with Gasteiger partial charge in [0.15, 0.2) is 0 Å². The Labute approximate surface area is 224 Å². The van der Waals surface area contributed by atoms with Crippen molar-refractivity contribution < 1.29 is 19.5 Å². The molecule has 4 rings (SSSR count). The first kappa shape index (κ1) is 27.5. The summed E-state index contributed by atoms with van der Waals surface area (Å²) in [6.07, 6.45) is 5.31. The second-order valence-electron chi connectivity index (χ2n) is 10.7. The molecule has 2 unspecified atom stereocenters. The van der Waals surface area contributed by atoms with E-state index in [-0.39, 0.29) is 35.6 Å². The maximum Gasteiger partial charge on any atom is 0.247 e. The van der Waals surface area contributed by atoms with Gasteiger partial charge in [0, 0.05) is 31.4 Å². The largest absolute Gasteiger partial charge is 0.394 e. The van der Waals surface area contributed by atoms with Gasteiger partial charge in [-0.3, -0.25) is 14.4 Å². The number of carbonyl (C=O) groups is 3. The van der Waals surface area contributed by atoms with E-state index in [1.54, 1.807) is 45.7 Å². The number of likely N-dealkylation sites (N-methyl/N-ethyl adjacent to an activating group) is 1.